The molecule has 2 fully saturated rings. The van der Waals surface area contributed by atoms with Crippen molar-refractivity contribution in [2.75, 3.05) is 51.3 Å². The molecule has 0 aliphatic carbocycles. The van der Waals surface area contributed by atoms with E-state index in [0.29, 0.717) is 32.7 Å². The number of aromatic nitrogens is 2. The second kappa shape index (κ2) is 9.14. The Bertz CT molecular complexity index is 604. The van der Waals surface area contributed by atoms with E-state index in [2.05, 4.69) is 15.3 Å². The van der Waals surface area contributed by atoms with Crippen molar-refractivity contribution >= 4 is 17.5 Å². The number of nitrogens with zero attached hydrogens (tertiary/aromatic N) is 4. The molecule has 2 aliphatic rings. The lowest BCUT2D eigenvalue weighted by Gasteiger charge is -2.32. The molecule has 2 amide bonds. The molecule has 0 unspecified atom stereocenters. The van der Waals surface area contributed by atoms with E-state index < -0.39 is 0 Å². The van der Waals surface area contributed by atoms with Crippen LogP contribution in [0, 0.1) is 5.92 Å². The molecule has 3 rings (SSSR count). The van der Waals surface area contributed by atoms with Crippen molar-refractivity contribution in [3.63, 3.8) is 0 Å². The highest BCUT2D eigenvalue weighted by Gasteiger charge is 2.26. The smallest absolute Gasteiger partial charge is 0.227 e. The second-order valence-corrected chi connectivity index (χ2v) is 6.93. The molecule has 3 heterocycles. The second-order valence-electron chi connectivity index (χ2n) is 6.93. The highest BCUT2D eigenvalue weighted by molar-refractivity contribution is 5.92. The molecule has 0 atom stereocenters. The predicted molar refractivity (Wildman–Crippen MR) is 97.7 cm³/mol. The Kier molecular flexibility index (Phi) is 6.62. The van der Waals surface area contributed by atoms with E-state index in [0.717, 1.165) is 44.7 Å². The first kappa shape index (κ1) is 18.8. The monoisotopic (exact) mass is 363 g/mol. The van der Waals surface area contributed by atoms with Crippen molar-refractivity contribution in [2.24, 2.45) is 5.92 Å². The number of piperidine rings is 1. The van der Waals surface area contributed by atoms with Crippen LogP contribution in [-0.2, 0) is 20.9 Å². The summed E-state index contributed by atoms with van der Waals surface area (Å²) in [5.41, 5.74) is 0.760. The van der Waals surface area contributed by atoms with Crippen LogP contribution in [0.15, 0.2) is 12.4 Å². The van der Waals surface area contributed by atoms with Crippen molar-refractivity contribution in [3.8, 4) is 0 Å². The zero-order valence-electron chi connectivity index (χ0n) is 15.5. The summed E-state index contributed by atoms with van der Waals surface area (Å²) < 4.78 is 7.08. The first-order valence-electron chi connectivity index (χ1n) is 9.57. The first-order valence-corrected chi connectivity index (χ1v) is 9.57. The molecule has 144 valence electrons. The fourth-order valence-corrected chi connectivity index (χ4v) is 3.49. The zero-order chi connectivity index (χ0) is 18.4. The molecule has 26 heavy (non-hydrogen) atoms. The molecule has 1 aromatic heterocycles. The van der Waals surface area contributed by atoms with Gasteiger partial charge in [-0.2, -0.15) is 5.10 Å². The van der Waals surface area contributed by atoms with Crippen LogP contribution in [0.5, 0.6) is 0 Å². The summed E-state index contributed by atoms with van der Waals surface area (Å²) in [6, 6.07) is 0. The van der Waals surface area contributed by atoms with Gasteiger partial charge in [-0.25, -0.2) is 0 Å². The number of hydrogen-bond donors (Lipinski definition) is 1. The maximum atomic E-state index is 12.4. The summed E-state index contributed by atoms with van der Waals surface area (Å²) >= 11 is 0. The van der Waals surface area contributed by atoms with Crippen LogP contribution in [-0.4, -0.2) is 77.3 Å². The molecule has 0 saturated carbocycles. The van der Waals surface area contributed by atoms with Crippen LogP contribution in [0.4, 0.5) is 5.69 Å². The molecule has 2 aliphatic heterocycles. The quantitative estimate of drug-likeness (QED) is 0.809. The Morgan fingerprint density at radius 1 is 1.23 bits per heavy atom. The summed E-state index contributed by atoms with van der Waals surface area (Å²) in [5.74, 6) is 0.317. The maximum Gasteiger partial charge on any atom is 0.227 e. The summed E-state index contributed by atoms with van der Waals surface area (Å²) in [6.07, 6.45) is 5.75. The molecule has 0 radical (unpaired) electrons. The predicted octanol–water partition coefficient (Wildman–Crippen LogP) is 0.802. The van der Waals surface area contributed by atoms with Gasteiger partial charge in [0.25, 0.3) is 0 Å². The molecule has 1 N–H and O–H groups in total. The molecule has 8 nitrogen and oxygen atoms in total. The van der Waals surface area contributed by atoms with Crippen LogP contribution in [0.2, 0.25) is 0 Å². The van der Waals surface area contributed by atoms with Crippen LogP contribution < -0.4 is 5.32 Å². The van der Waals surface area contributed by atoms with Crippen LogP contribution in [0.3, 0.4) is 0 Å². The van der Waals surface area contributed by atoms with Crippen molar-refractivity contribution < 1.29 is 14.3 Å². The van der Waals surface area contributed by atoms with Gasteiger partial charge < -0.3 is 19.9 Å². The number of ether oxygens (including phenoxy) is 1. The molecule has 0 aromatic carbocycles. The Hall–Kier alpha value is -1.93. The lowest BCUT2D eigenvalue weighted by Crippen LogP contribution is -2.43. The SMILES string of the molecule is CCn1cc(NC(=O)C2CCN(CCC(=O)N3CCOCC3)CC2)cn1. The van der Waals surface area contributed by atoms with E-state index in [1.165, 1.54) is 0 Å². The van der Waals surface area contributed by atoms with Crippen molar-refractivity contribution in [1.82, 2.24) is 19.6 Å². The van der Waals surface area contributed by atoms with E-state index >= 15 is 0 Å². The highest BCUT2D eigenvalue weighted by Crippen LogP contribution is 2.19. The minimum Gasteiger partial charge on any atom is -0.378 e. The average molecular weight is 363 g/mol. The van der Waals surface area contributed by atoms with Crippen molar-refractivity contribution in [1.29, 1.82) is 0 Å². The van der Waals surface area contributed by atoms with Gasteiger partial charge in [0.15, 0.2) is 0 Å². The molecule has 2 saturated heterocycles. The van der Waals surface area contributed by atoms with Crippen molar-refractivity contribution in [3.05, 3.63) is 12.4 Å². The molecule has 0 spiro atoms. The number of amides is 2. The van der Waals surface area contributed by atoms with Crippen LogP contribution in [0.25, 0.3) is 0 Å². The van der Waals surface area contributed by atoms with Gasteiger partial charge >= 0.3 is 0 Å². The van der Waals surface area contributed by atoms with Gasteiger partial charge in [0.05, 0.1) is 25.1 Å². The van der Waals surface area contributed by atoms with Crippen molar-refractivity contribution in [2.45, 2.75) is 32.7 Å². The number of carbonyl (C=O) groups excluding carboxylic acids is 2. The third-order valence-electron chi connectivity index (χ3n) is 5.19. The molecule has 8 heteroatoms. The number of anilines is 1. The van der Waals surface area contributed by atoms with Gasteiger partial charge in [-0.3, -0.25) is 14.3 Å². The van der Waals surface area contributed by atoms with E-state index in [1.807, 2.05) is 18.0 Å². The lowest BCUT2D eigenvalue weighted by molar-refractivity contribution is -0.135. The number of carbonyl (C=O) groups is 2. The summed E-state index contributed by atoms with van der Waals surface area (Å²) in [7, 11) is 0. The number of hydrogen-bond acceptors (Lipinski definition) is 5. The Morgan fingerprint density at radius 2 is 1.96 bits per heavy atom. The van der Waals surface area contributed by atoms with E-state index in [4.69, 9.17) is 4.74 Å². The zero-order valence-corrected chi connectivity index (χ0v) is 15.5. The lowest BCUT2D eigenvalue weighted by atomic mass is 9.95. The Balaban J connectivity index is 1.36. The Labute approximate surface area is 154 Å². The van der Waals surface area contributed by atoms with Gasteiger partial charge in [-0.05, 0) is 32.9 Å². The molecular weight excluding hydrogens is 334 g/mol. The average Bonchev–Trinajstić information content (AvgIpc) is 3.14. The largest absolute Gasteiger partial charge is 0.378 e. The van der Waals surface area contributed by atoms with Gasteiger partial charge in [-0.1, -0.05) is 0 Å². The summed E-state index contributed by atoms with van der Waals surface area (Å²) in [4.78, 5) is 28.8. The van der Waals surface area contributed by atoms with Gasteiger partial charge in [0.1, 0.15) is 0 Å². The van der Waals surface area contributed by atoms with Crippen LogP contribution in [0.1, 0.15) is 26.2 Å². The van der Waals surface area contributed by atoms with E-state index in [1.54, 1.807) is 10.9 Å². The standard InChI is InChI=1S/C18H29N5O3/c1-2-23-14-16(13-19-23)20-18(25)15-3-6-21(7-4-15)8-5-17(24)22-9-11-26-12-10-22/h13-15H,2-12H2,1H3,(H,20,25). The topological polar surface area (TPSA) is 79.7 Å². The Morgan fingerprint density at radius 3 is 2.62 bits per heavy atom. The summed E-state index contributed by atoms with van der Waals surface area (Å²) in [6.45, 7) is 7.99. The fourth-order valence-electron chi connectivity index (χ4n) is 3.49. The first-order chi connectivity index (χ1) is 12.7. The third kappa shape index (κ3) is 5.04. The maximum absolute atomic E-state index is 12.4. The molecular formula is C18H29N5O3. The third-order valence-corrected chi connectivity index (χ3v) is 5.19. The number of rotatable bonds is 6. The number of likely N-dealkylation sites (tertiary alicyclic amines) is 1. The fraction of sp³-hybridized carbons (Fsp3) is 0.722. The normalized spacial score (nSPS) is 19.5. The molecule has 0 bridgehead atoms. The number of morpholine rings is 1. The number of aryl methyl sites for hydroxylation is 1. The van der Waals surface area contributed by atoms with E-state index in [9.17, 15) is 9.59 Å². The van der Waals surface area contributed by atoms with Gasteiger partial charge in [-0.15, -0.1) is 0 Å². The van der Waals surface area contributed by atoms with Crippen LogP contribution >= 0.6 is 0 Å². The number of nitrogens with one attached hydrogen (secondary N) is 1. The summed E-state index contributed by atoms with van der Waals surface area (Å²) in [5, 5.41) is 7.14. The van der Waals surface area contributed by atoms with Gasteiger partial charge in [0.2, 0.25) is 11.8 Å². The molecule has 1 aromatic rings. The minimum absolute atomic E-state index is 0.0335. The van der Waals surface area contributed by atoms with Gasteiger partial charge in [0, 0.05) is 44.7 Å². The highest BCUT2D eigenvalue weighted by atomic mass is 16.5. The minimum atomic E-state index is 0.0335. The van der Waals surface area contributed by atoms with E-state index in [-0.39, 0.29) is 17.7 Å².